The fraction of sp³-hybridized carbons (Fsp3) is 0.462. The van der Waals surface area contributed by atoms with Crippen molar-refractivity contribution in [3.63, 3.8) is 0 Å². The van der Waals surface area contributed by atoms with Gasteiger partial charge in [-0.15, -0.1) is 11.3 Å². The Morgan fingerprint density at radius 2 is 2.44 bits per heavy atom. The van der Waals surface area contributed by atoms with E-state index in [1.807, 2.05) is 30.1 Å². The molecule has 0 aliphatic carbocycles. The van der Waals surface area contributed by atoms with E-state index < -0.39 is 0 Å². The van der Waals surface area contributed by atoms with Crippen molar-refractivity contribution in [2.75, 3.05) is 18.1 Å². The Morgan fingerprint density at radius 3 is 3.11 bits per heavy atom. The lowest BCUT2D eigenvalue weighted by atomic mass is 10.2. The molecule has 98 valence electrons. The van der Waals surface area contributed by atoms with Gasteiger partial charge >= 0.3 is 0 Å². The number of hydrogen-bond acceptors (Lipinski definition) is 4. The van der Waals surface area contributed by atoms with Crippen molar-refractivity contribution in [3.8, 4) is 11.8 Å². The summed E-state index contributed by atoms with van der Waals surface area (Å²) in [6, 6.07) is 1.99. The number of carbonyl (C=O) groups is 1. The van der Waals surface area contributed by atoms with Crippen molar-refractivity contribution in [2.45, 2.75) is 19.9 Å². The normalized spacial score (nSPS) is 11.5. The van der Waals surface area contributed by atoms with Gasteiger partial charge in [0, 0.05) is 17.2 Å². The van der Waals surface area contributed by atoms with Crippen molar-refractivity contribution < 1.29 is 4.79 Å². The van der Waals surface area contributed by atoms with Crippen LogP contribution in [0.5, 0.6) is 0 Å². The molecule has 0 aromatic carbocycles. The lowest BCUT2D eigenvalue weighted by Gasteiger charge is -2.12. The van der Waals surface area contributed by atoms with Gasteiger partial charge in [0.2, 0.25) is 0 Å². The molecule has 0 saturated carbocycles. The van der Waals surface area contributed by atoms with E-state index in [0.717, 1.165) is 16.4 Å². The molecule has 1 amide bonds. The van der Waals surface area contributed by atoms with Gasteiger partial charge in [-0.1, -0.05) is 18.8 Å². The maximum atomic E-state index is 11.9. The molecule has 1 heterocycles. The highest BCUT2D eigenvalue weighted by atomic mass is 32.2. The lowest BCUT2D eigenvalue weighted by Crippen LogP contribution is -2.34. The first kappa shape index (κ1) is 15.1. The first-order chi connectivity index (χ1) is 8.67. The summed E-state index contributed by atoms with van der Waals surface area (Å²) in [5, 5.41) is 4.80. The molecule has 18 heavy (non-hydrogen) atoms. The van der Waals surface area contributed by atoms with Gasteiger partial charge in [-0.2, -0.15) is 11.8 Å². The number of thiophene rings is 1. The van der Waals surface area contributed by atoms with Crippen molar-refractivity contribution in [3.05, 3.63) is 21.9 Å². The molecule has 0 fully saturated rings. The fourth-order valence-corrected chi connectivity index (χ4v) is 2.73. The molecule has 0 bridgehead atoms. The highest BCUT2D eigenvalue weighted by Crippen LogP contribution is 2.13. The van der Waals surface area contributed by atoms with E-state index in [2.05, 4.69) is 24.1 Å². The molecule has 1 atom stereocenters. The molecule has 0 spiro atoms. The van der Waals surface area contributed by atoms with Crippen LogP contribution in [0, 0.1) is 11.8 Å². The van der Waals surface area contributed by atoms with E-state index in [4.69, 9.17) is 5.73 Å². The second kappa shape index (κ2) is 8.20. The van der Waals surface area contributed by atoms with Gasteiger partial charge in [-0.3, -0.25) is 4.79 Å². The minimum absolute atomic E-state index is 0.0312. The summed E-state index contributed by atoms with van der Waals surface area (Å²) in [5.74, 6) is 7.68. The maximum absolute atomic E-state index is 11.9. The predicted molar refractivity (Wildman–Crippen MR) is 80.2 cm³/mol. The Morgan fingerprint density at radius 1 is 1.67 bits per heavy atom. The summed E-state index contributed by atoms with van der Waals surface area (Å²) in [5.41, 5.74) is 5.98. The third kappa shape index (κ3) is 5.13. The smallest absolute Gasteiger partial charge is 0.252 e. The quantitative estimate of drug-likeness (QED) is 0.811. The summed E-state index contributed by atoms with van der Waals surface area (Å²) >= 11 is 3.29. The molecule has 0 aliphatic heterocycles. The number of hydrogen-bond donors (Lipinski definition) is 2. The number of carbonyl (C=O) groups excluding carboxylic acids is 1. The van der Waals surface area contributed by atoms with Crippen molar-refractivity contribution in [1.82, 2.24) is 5.32 Å². The molecule has 5 heteroatoms. The van der Waals surface area contributed by atoms with Crippen molar-refractivity contribution in [2.24, 2.45) is 5.73 Å². The van der Waals surface area contributed by atoms with Crippen LogP contribution in [0.15, 0.2) is 11.4 Å². The van der Waals surface area contributed by atoms with Gasteiger partial charge in [0.15, 0.2) is 0 Å². The average molecular weight is 282 g/mol. The molecule has 0 aliphatic rings. The van der Waals surface area contributed by atoms with Crippen LogP contribution in [0.3, 0.4) is 0 Å². The van der Waals surface area contributed by atoms with Gasteiger partial charge in [0.1, 0.15) is 0 Å². The number of rotatable bonds is 5. The minimum Gasteiger partial charge on any atom is -0.349 e. The minimum atomic E-state index is -0.0312. The second-order valence-corrected chi connectivity index (χ2v) is 5.97. The van der Waals surface area contributed by atoms with Crippen LogP contribution >= 0.6 is 23.1 Å². The van der Waals surface area contributed by atoms with E-state index in [-0.39, 0.29) is 11.9 Å². The molecule has 1 aromatic rings. The Balaban J connectivity index is 2.53. The SMILES string of the molecule is CCSCC(C)NC(=O)c1csc(C#CCN)c1. The standard InChI is InChI=1S/C13H18N2OS2/c1-3-17-8-10(2)15-13(16)11-7-12(18-9-11)5-4-6-14/h7,9-10H,3,6,8,14H2,1-2H3,(H,15,16). The van der Waals surface area contributed by atoms with Crippen LogP contribution < -0.4 is 11.1 Å². The lowest BCUT2D eigenvalue weighted by molar-refractivity contribution is 0.0944. The van der Waals surface area contributed by atoms with Crippen LogP contribution in [0.4, 0.5) is 0 Å². The van der Waals surface area contributed by atoms with Gasteiger partial charge in [-0.05, 0) is 18.7 Å². The van der Waals surface area contributed by atoms with E-state index >= 15 is 0 Å². The fourth-order valence-electron chi connectivity index (χ4n) is 1.30. The summed E-state index contributed by atoms with van der Waals surface area (Å²) in [6.45, 7) is 4.47. The largest absolute Gasteiger partial charge is 0.349 e. The van der Waals surface area contributed by atoms with Gasteiger partial charge in [0.05, 0.1) is 17.0 Å². The molecule has 1 unspecified atom stereocenters. The number of thioether (sulfide) groups is 1. The zero-order valence-electron chi connectivity index (χ0n) is 10.7. The van der Waals surface area contributed by atoms with Crippen molar-refractivity contribution >= 4 is 29.0 Å². The highest BCUT2D eigenvalue weighted by molar-refractivity contribution is 7.99. The molecule has 0 radical (unpaired) electrons. The molecule has 0 saturated heterocycles. The Hall–Kier alpha value is -0.960. The van der Waals surface area contributed by atoms with E-state index in [1.165, 1.54) is 11.3 Å². The summed E-state index contributed by atoms with van der Waals surface area (Å²) in [6.07, 6.45) is 0. The maximum Gasteiger partial charge on any atom is 0.252 e. The van der Waals surface area contributed by atoms with Crippen LogP contribution in [-0.2, 0) is 0 Å². The number of nitrogens with one attached hydrogen (secondary N) is 1. The van der Waals surface area contributed by atoms with Gasteiger partial charge in [-0.25, -0.2) is 0 Å². The molecular weight excluding hydrogens is 264 g/mol. The third-order valence-electron chi connectivity index (χ3n) is 2.12. The van der Waals surface area contributed by atoms with Crippen LogP contribution in [-0.4, -0.2) is 30.0 Å². The molecule has 1 rings (SSSR count). The zero-order valence-corrected chi connectivity index (χ0v) is 12.3. The molecule has 3 N–H and O–H groups in total. The van der Waals surface area contributed by atoms with E-state index in [0.29, 0.717) is 12.1 Å². The van der Waals surface area contributed by atoms with Crippen LogP contribution in [0.25, 0.3) is 0 Å². The summed E-state index contributed by atoms with van der Waals surface area (Å²) in [7, 11) is 0. The molecule has 1 aromatic heterocycles. The number of nitrogens with two attached hydrogens (primary N) is 1. The number of amides is 1. The van der Waals surface area contributed by atoms with Crippen LogP contribution in [0.1, 0.15) is 29.1 Å². The molecule has 3 nitrogen and oxygen atoms in total. The van der Waals surface area contributed by atoms with Gasteiger partial charge < -0.3 is 11.1 Å². The third-order valence-corrected chi connectivity index (χ3v) is 4.11. The van der Waals surface area contributed by atoms with E-state index in [1.54, 1.807) is 0 Å². The van der Waals surface area contributed by atoms with E-state index in [9.17, 15) is 4.79 Å². The topological polar surface area (TPSA) is 55.1 Å². The van der Waals surface area contributed by atoms with Crippen LogP contribution in [0.2, 0.25) is 0 Å². The van der Waals surface area contributed by atoms with Gasteiger partial charge in [0.25, 0.3) is 5.91 Å². The Labute approximate surface area is 117 Å². The highest BCUT2D eigenvalue weighted by Gasteiger charge is 2.11. The monoisotopic (exact) mass is 282 g/mol. The zero-order chi connectivity index (χ0) is 13.4. The Kier molecular flexibility index (Phi) is 6.88. The Bertz CT molecular complexity index is 445. The predicted octanol–water partition coefficient (Wildman–Crippen LogP) is 1.93. The average Bonchev–Trinajstić information content (AvgIpc) is 2.82. The second-order valence-electron chi connectivity index (χ2n) is 3.74. The molecular formula is C13H18N2OS2. The van der Waals surface area contributed by atoms with Crippen molar-refractivity contribution in [1.29, 1.82) is 0 Å². The summed E-state index contributed by atoms with van der Waals surface area (Å²) in [4.78, 5) is 12.8. The first-order valence-corrected chi connectivity index (χ1v) is 7.86. The summed E-state index contributed by atoms with van der Waals surface area (Å²) < 4.78 is 0. The first-order valence-electron chi connectivity index (χ1n) is 5.83.